The predicted octanol–water partition coefficient (Wildman–Crippen LogP) is 5.06. The number of esters is 3. The molecule has 2 aromatic rings. The maximum Gasteiger partial charge on any atom is 0.338 e. The van der Waals surface area contributed by atoms with Gasteiger partial charge in [0.2, 0.25) is 0 Å². The van der Waals surface area contributed by atoms with Crippen LogP contribution in [0, 0.1) is 20.2 Å². The topological polar surface area (TPSA) is 165 Å². The van der Waals surface area contributed by atoms with Gasteiger partial charge in [-0.15, -0.1) is 0 Å². The van der Waals surface area contributed by atoms with E-state index in [9.17, 15) is 34.6 Å². The molecule has 0 radical (unpaired) electrons. The Labute approximate surface area is 229 Å². The molecule has 0 saturated heterocycles. The Morgan fingerprint density at radius 2 is 1.50 bits per heavy atom. The zero-order chi connectivity index (χ0) is 29.2. The van der Waals surface area contributed by atoms with Crippen LogP contribution in [-0.2, 0) is 23.8 Å². The van der Waals surface area contributed by atoms with E-state index in [4.69, 9.17) is 14.2 Å². The summed E-state index contributed by atoms with van der Waals surface area (Å²) in [6.07, 6.45) is 5.12. The second-order valence-electron chi connectivity index (χ2n) is 9.21. The van der Waals surface area contributed by atoms with Crippen molar-refractivity contribution < 1.29 is 38.4 Å². The van der Waals surface area contributed by atoms with Gasteiger partial charge in [-0.2, -0.15) is 0 Å². The van der Waals surface area contributed by atoms with Gasteiger partial charge < -0.3 is 14.2 Å². The van der Waals surface area contributed by atoms with Crippen LogP contribution in [0.5, 0.6) is 0 Å². The summed E-state index contributed by atoms with van der Waals surface area (Å²) < 4.78 is 15.3. The second kappa shape index (κ2) is 13.8. The third-order valence-corrected chi connectivity index (χ3v) is 6.24. The number of benzene rings is 2. The Morgan fingerprint density at radius 1 is 0.925 bits per heavy atom. The van der Waals surface area contributed by atoms with E-state index < -0.39 is 45.2 Å². The van der Waals surface area contributed by atoms with Crippen LogP contribution in [0.3, 0.4) is 0 Å². The van der Waals surface area contributed by atoms with E-state index in [0.29, 0.717) is 12.8 Å². The van der Waals surface area contributed by atoms with Crippen molar-refractivity contribution in [2.24, 2.45) is 0 Å². The monoisotopic (exact) mass is 552 g/mol. The lowest BCUT2D eigenvalue weighted by Crippen LogP contribution is -2.24. The number of rotatable bonds is 11. The number of ether oxygens (including phenoxy) is 3. The van der Waals surface area contributed by atoms with Crippen LogP contribution < -0.4 is 0 Å². The molecule has 0 N–H and O–H groups in total. The molecule has 0 heterocycles. The molecule has 0 bridgehead atoms. The molecule has 0 spiro atoms. The van der Waals surface area contributed by atoms with E-state index >= 15 is 0 Å². The average Bonchev–Trinajstić information content (AvgIpc) is 2.94. The first-order valence-corrected chi connectivity index (χ1v) is 12.5. The SMILES string of the molecule is C=C(C)C(=O)OCCOC(=O)/C=C/c1ccc(C2CCC(OC(=O)c3cc([N+](=O)[O-])cc([N+](=O)[O-])c3)CC2)cc1. The maximum atomic E-state index is 12.6. The van der Waals surface area contributed by atoms with Crippen LogP contribution in [-0.4, -0.2) is 47.1 Å². The molecule has 0 atom stereocenters. The van der Waals surface area contributed by atoms with Crippen LogP contribution >= 0.6 is 0 Å². The van der Waals surface area contributed by atoms with Crippen molar-refractivity contribution in [1.29, 1.82) is 0 Å². The van der Waals surface area contributed by atoms with Crippen molar-refractivity contribution >= 4 is 35.4 Å². The summed E-state index contributed by atoms with van der Waals surface area (Å²) in [5.41, 5.74) is 0.811. The summed E-state index contributed by atoms with van der Waals surface area (Å²) >= 11 is 0. The first-order chi connectivity index (χ1) is 19.0. The Hall–Kier alpha value is -4.87. The minimum absolute atomic E-state index is 0.0568. The molecule has 1 fully saturated rings. The number of carbonyl (C=O) groups excluding carboxylic acids is 3. The lowest BCUT2D eigenvalue weighted by atomic mass is 9.82. The average molecular weight is 553 g/mol. The largest absolute Gasteiger partial charge is 0.459 e. The van der Waals surface area contributed by atoms with Gasteiger partial charge >= 0.3 is 17.9 Å². The highest BCUT2D eigenvalue weighted by Crippen LogP contribution is 2.35. The van der Waals surface area contributed by atoms with Crippen LogP contribution in [0.15, 0.2) is 60.7 Å². The third kappa shape index (κ3) is 8.58. The van der Waals surface area contributed by atoms with Gasteiger partial charge in [-0.1, -0.05) is 30.8 Å². The lowest BCUT2D eigenvalue weighted by Gasteiger charge is -2.28. The Morgan fingerprint density at radius 3 is 2.05 bits per heavy atom. The smallest absolute Gasteiger partial charge is 0.338 e. The van der Waals surface area contributed by atoms with Crippen molar-refractivity contribution in [1.82, 2.24) is 0 Å². The highest BCUT2D eigenvalue weighted by molar-refractivity contribution is 5.91. The quantitative estimate of drug-likeness (QED) is 0.0918. The molecule has 2 aromatic carbocycles. The van der Waals surface area contributed by atoms with Crippen LogP contribution in [0.1, 0.15) is 60.0 Å². The normalized spacial score (nSPS) is 16.6. The molecular formula is C28H28N2O10. The number of carbonyl (C=O) groups is 3. The molecule has 0 aliphatic heterocycles. The molecule has 12 nitrogen and oxygen atoms in total. The second-order valence-corrected chi connectivity index (χ2v) is 9.21. The predicted molar refractivity (Wildman–Crippen MR) is 142 cm³/mol. The molecule has 1 saturated carbocycles. The fourth-order valence-corrected chi connectivity index (χ4v) is 4.15. The summed E-state index contributed by atoms with van der Waals surface area (Å²) in [7, 11) is 0. The van der Waals surface area contributed by atoms with Gasteiger partial charge in [0, 0.05) is 23.8 Å². The molecule has 40 heavy (non-hydrogen) atoms. The molecule has 0 aromatic heterocycles. The van der Waals surface area contributed by atoms with Gasteiger partial charge in [-0.25, -0.2) is 14.4 Å². The van der Waals surface area contributed by atoms with Crippen LogP contribution in [0.4, 0.5) is 11.4 Å². The number of nitro groups is 2. The number of nitro benzene ring substituents is 2. The van der Waals surface area contributed by atoms with E-state index in [1.165, 1.54) is 13.0 Å². The molecule has 3 rings (SSSR count). The molecule has 0 amide bonds. The standard InChI is InChI=1S/C28H28N2O10/c1-18(2)27(32)39-14-13-38-26(31)12-5-19-3-6-20(7-4-19)21-8-10-25(11-9-21)40-28(33)22-15-23(29(34)35)17-24(16-22)30(36)37/h3-7,12,15-17,21,25H,1,8-11,13-14H2,2H3/b12-5+. The summed E-state index contributed by atoms with van der Waals surface area (Å²) in [6.45, 7) is 4.86. The van der Waals surface area contributed by atoms with Crippen molar-refractivity contribution in [2.45, 2.75) is 44.6 Å². The Bertz CT molecular complexity index is 1290. The molecule has 12 heteroatoms. The van der Waals surface area contributed by atoms with Crippen LogP contribution in [0.25, 0.3) is 6.08 Å². The van der Waals surface area contributed by atoms with E-state index in [-0.39, 0.29) is 30.3 Å². The summed E-state index contributed by atoms with van der Waals surface area (Å²) in [5.74, 6) is -1.71. The third-order valence-electron chi connectivity index (χ3n) is 6.24. The van der Waals surface area contributed by atoms with Crippen LogP contribution in [0.2, 0.25) is 0 Å². The Kier molecular flexibility index (Phi) is 10.2. The van der Waals surface area contributed by atoms with E-state index in [1.807, 2.05) is 24.3 Å². The van der Waals surface area contributed by atoms with Crippen molar-refractivity contribution in [3.05, 3.63) is 97.6 Å². The number of hydrogen-bond donors (Lipinski definition) is 0. The fourth-order valence-electron chi connectivity index (χ4n) is 4.15. The molecule has 1 aliphatic rings. The van der Waals surface area contributed by atoms with E-state index in [0.717, 1.165) is 42.2 Å². The first kappa shape index (κ1) is 29.7. The zero-order valence-electron chi connectivity index (χ0n) is 21.8. The van der Waals surface area contributed by atoms with Crippen molar-refractivity contribution in [3.8, 4) is 0 Å². The van der Waals surface area contributed by atoms with Gasteiger partial charge in [0.1, 0.15) is 19.3 Å². The molecule has 210 valence electrons. The van der Waals surface area contributed by atoms with E-state index in [1.54, 1.807) is 6.08 Å². The Balaban J connectivity index is 1.47. The first-order valence-electron chi connectivity index (χ1n) is 12.5. The molecule has 0 unspecified atom stereocenters. The van der Waals surface area contributed by atoms with Crippen molar-refractivity contribution in [3.63, 3.8) is 0 Å². The molecular weight excluding hydrogens is 524 g/mol. The number of nitrogens with zero attached hydrogens (tertiary/aromatic N) is 2. The maximum absolute atomic E-state index is 12.6. The molecule has 1 aliphatic carbocycles. The summed E-state index contributed by atoms with van der Waals surface area (Å²) in [5, 5.41) is 22.1. The van der Waals surface area contributed by atoms with Gasteiger partial charge in [-0.05, 0) is 55.7 Å². The minimum Gasteiger partial charge on any atom is -0.459 e. The number of non-ortho nitro benzene ring substituents is 2. The summed E-state index contributed by atoms with van der Waals surface area (Å²) in [4.78, 5) is 56.2. The van der Waals surface area contributed by atoms with Gasteiger partial charge in [0.15, 0.2) is 0 Å². The van der Waals surface area contributed by atoms with Gasteiger partial charge in [-0.3, -0.25) is 20.2 Å². The van der Waals surface area contributed by atoms with Gasteiger partial charge in [0.25, 0.3) is 11.4 Å². The zero-order valence-corrected chi connectivity index (χ0v) is 21.8. The fraction of sp³-hybridized carbons (Fsp3) is 0.321. The van der Waals surface area contributed by atoms with E-state index in [2.05, 4.69) is 6.58 Å². The lowest BCUT2D eigenvalue weighted by molar-refractivity contribution is -0.394. The summed E-state index contributed by atoms with van der Waals surface area (Å²) in [6, 6.07) is 10.4. The van der Waals surface area contributed by atoms with Crippen molar-refractivity contribution in [2.75, 3.05) is 13.2 Å². The minimum atomic E-state index is -0.835. The highest BCUT2D eigenvalue weighted by atomic mass is 16.6. The number of hydrogen-bond acceptors (Lipinski definition) is 10. The van der Waals surface area contributed by atoms with Gasteiger partial charge in [0.05, 0.1) is 21.5 Å². The highest BCUT2D eigenvalue weighted by Gasteiger charge is 2.27.